The van der Waals surface area contributed by atoms with Gasteiger partial charge in [-0.1, -0.05) is 37.5 Å². The summed E-state index contributed by atoms with van der Waals surface area (Å²) in [4.78, 5) is 2.55. The molecule has 1 saturated carbocycles. The largest absolute Gasteiger partial charge is 0.371 e. The molecule has 19 heavy (non-hydrogen) atoms. The molecule has 0 radical (unpaired) electrons. The van der Waals surface area contributed by atoms with Crippen LogP contribution in [-0.2, 0) is 0 Å². The standard InChI is InChI=1S/C17H27NS/c1-3-18(16-10-6-5-9-15(16)2)13-17(14-19)11-7-4-8-12-17/h5-6,9-10,19H,3-4,7-8,11-14H2,1-2H3. The van der Waals surface area contributed by atoms with Crippen molar-refractivity contribution in [3.8, 4) is 0 Å². The van der Waals surface area contributed by atoms with Gasteiger partial charge in [-0.3, -0.25) is 0 Å². The van der Waals surface area contributed by atoms with E-state index in [9.17, 15) is 0 Å². The van der Waals surface area contributed by atoms with Crippen LogP contribution in [0.25, 0.3) is 0 Å². The number of thiol groups is 1. The molecule has 1 fully saturated rings. The van der Waals surface area contributed by atoms with Gasteiger partial charge in [-0.2, -0.15) is 12.6 Å². The van der Waals surface area contributed by atoms with Gasteiger partial charge in [0.05, 0.1) is 0 Å². The minimum absolute atomic E-state index is 0.430. The fourth-order valence-corrected chi connectivity index (χ4v) is 3.77. The number of aryl methyl sites for hydroxylation is 1. The molecule has 1 aromatic carbocycles. The number of nitrogens with zero attached hydrogens (tertiary/aromatic N) is 1. The van der Waals surface area contributed by atoms with Gasteiger partial charge in [0.2, 0.25) is 0 Å². The molecule has 0 unspecified atom stereocenters. The lowest BCUT2D eigenvalue weighted by atomic mass is 9.75. The predicted octanol–water partition coefficient (Wildman–Crippen LogP) is 4.70. The number of anilines is 1. The first kappa shape index (κ1) is 14.8. The first-order chi connectivity index (χ1) is 9.21. The molecule has 0 spiro atoms. The smallest absolute Gasteiger partial charge is 0.0396 e. The predicted molar refractivity (Wildman–Crippen MR) is 88.4 cm³/mol. The molecule has 0 N–H and O–H groups in total. The van der Waals surface area contributed by atoms with Gasteiger partial charge in [0.25, 0.3) is 0 Å². The van der Waals surface area contributed by atoms with Crippen molar-refractivity contribution >= 4 is 18.3 Å². The van der Waals surface area contributed by atoms with Crippen molar-refractivity contribution < 1.29 is 0 Å². The highest BCUT2D eigenvalue weighted by Crippen LogP contribution is 2.39. The third-order valence-electron chi connectivity index (χ3n) is 4.61. The average Bonchev–Trinajstić information content (AvgIpc) is 2.47. The maximum absolute atomic E-state index is 4.67. The first-order valence-corrected chi connectivity index (χ1v) is 8.25. The molecule has 0 heterocycles. The maximum atomic E-state index is 4.67. The molecule has 1 aromatic rings. The van der Waals surface area contributed by atoms with E-state index in [1.807, 2.05) is 0 Å². The van der Waals surface area contributed by atoms with Gasteiger partial charge in [0.15, 0.2) is 0 Å². The highest BCUT2D eigenvalue weighted by molar-refractivity contribution is 7.80. The van der Waals surface area contributed by atoms with Crippen LogP contribution in [0.5, 0.6) is 0 Å². The minimum atomic E-state index is 0.430. The zero-order valence-corrected chi connectivity index (χ0v) is 13.3. The molecule has 0 amide bonds. The topological polar surface area (TPSA) is 3.24 Å². The van der Waals surface area contributed by atoms with Crippen LogP contribution in [0.4, 0.5) is 5.69 Å². The zero-order valence-electron chi connectivity index (χ0n) is 12.4. The Kier molecular flexibility index (Phi) is 5.20. The van der Waals surface area contributed by atoms with E-state index in [1.165, 1.54) is 43.4 Å². The Morgan fingerprint density at radius 2 is 1.84 bits per heavy atom. The molecule has 2 heteroatoms. The second-order valence-electron chi connectivity index (χ2n) is 6.02. The van der Waals surface area contributed by atoms with Crippen molar-refractivity contribution in [2.24, 2.45) is 5.41 Å². The van der Waals surface area contributed by atoms with Crippen molar-refractivity contribution in [3.05, 3.63) is 29.8 Å². The van der Waals surface area contributed by atoms with Gasteiger partial charge in [-0.15, -0.1) is 0 Å². The Hall–Kier alpha value is -0.630. The SMILES string of the molecule is CCN(CC1(CS)CCCCC1)c1ccccc1C. The Bertz CT molecular complexity index is 396. The lowest BCUT2D eigenvalue weighted by molar-refractivity contribution is 0.228. The molecular weight excluding hydrogens is 250 g/mol. The van der Waals surface area contributed by atoms with Gasteiger partial charge in [-0.25, -0.2) is 0 Å². The van der Waals surface area contributed by atoms with Crippen molar-refractivity contribution in [3.63, 3.8) is 0 Å². The van der Waals surface area contributed by atoms with E-state index in [0.29, 0.717) is 5.41 Å². The fourth-order valence-electron chi connectivity index (χ4n) is 3.36. The van der Waals surface area contributed by atoms with Crippen molar-refractivity contribution in [1.82, 2.24) is 0 Å². The summed E-state index contributed by atoms with van der Waals surface area (Å²) in [5.74, 6) is 1.02. The second kappa shape index (κ2) is 6.69. The molecule has 106 valence electrons. The Balaban J connectivity index is 2.16. The normalized spacial score (nSPS) is 18.3. The van der Waals surface area contributed by atoms with Crippen LogP contribution in [0, 0.1) is 12.3 Å². The van der Waals surface area contributed by atoms with Crippen molar-refractivity contribution in [2.45, 2.75) is 46.0 Å². The lowest BCUT2D eigenvalue weighted by Crippen LogP contribution is -2.41. The summed E-state index contributed by atoms with van der Waals surface area (Å²) < 4.78 is 0. The van der Waals surface area contributed by atoms with Crippen LogP contribution in [0.15, 0.2) is 24.3 Å². The maximum Gasteiger partial charge on any atom is 0.0396 e. The Labute approximate surface area is 123 Å². The van der Waals surface area contributed by atoms with Crippen LogP contribution in [0.3, 0.4) is 0 Å². The molecule has 1 nitrogen and oxygen atoms in total. The summed E-state index contributed by atoms with van der Waals surface area (Å²) >= 11 is 4.67. The van der Waals surface area contributed by atoms with Crippen LogP contribution in [0.1, 0.15) is 44.6 Å². The molecule has 0 aromatic heterocycles. The van der Waals surface area contributed by atoms with Gasteiger partial charge in [-0.05, 0) is 49.5 Å². The van der Waals surface area contributed by atoms with E-state index in [0.717, 1.165) is 18.8 Å². The highest BCUT2D eigenvalue weighted by atomic mass is 32.1. The summed E-state index contributed by atoms with van der Waals surface area (Å²) in [5, 5.41) is 0. The molecule has 2 rings (SSSR count). The third kappa shape index (κ3) is 3.47. The number of para-hydroxylation sites is 1. The molecule has 0 aliphatic heterocycles. The minimum Gasteiger partial charge on any atom is -0.371 e. The van der Waals surface area contributed by atoms with Crippen LogP contribution < -0.4 is 4.90 Å². The van der Waals surface area contributed by atoms with E-state index < -0.39 is 0 Å². The summed E-state index contributed by atoms with van der Waals surface area (Å²) in [5.41, 5.74) is 3.21. The van der Waals surface area contributed by atoms with Crippen molar-refractivity contribution in [2.75, 3.05) is 23.7 Å². The number of hydrogen-bond acceptors (Lipinski definition) is 2. The second-order valence-corrected chi connectivity index (χ2v) is 6.34. The molecule has 0 saturated heterocycles. The lowest BCUT2D eigenvalue weighted by Gasteiger charge is -2.41. The Morgan fingerprint density at radius 1 is 1.16 bits per heavy atom. The summed E-state index contributed by atoms with van der Waals surface area (Å²) in [6, 6.07) is 8.75. The summed E-state index contributed by atoms with van der Waals surface area (Å²) in [6.07, 6.45) is 6.86. The zero-order chi connectivity index (χ0) is 13.7. The van der Waals surface area contributed by atoms with E-state index in [-0.39, 0.29) is 0 Å². The fraction of sp³-hybridized carbons (Fsp3) is 0.647. The quantitative estimate of drug-likeness (QED) is 0.763. The molecule has 1 aliphatic rings. The van der Waals surface area contributed by atoms with Gasteiger partial charge < -0.3 is 4.90 Å². The van der Waals surface area contributed by atoms with Crippen LogP contribution >= 0.6 is 12.6 Å². The molecule has 0 atom stereocenters. The average molecular weight is 277 g/mol. The van der Waals surface area contributed by atoms with Crippen LogP contribution in [0.2, 0.25) is 0 Å². The van der Waals surface area contributed by atoms with E-state index in [2.05, 4.69) is 55.6 Å². The van der Waals surface area contributed by atoms with Crippen molar-refractivity contribution in [1.29, 1.82) is 0 Å². The third-order valence-corrected chi connectivity index (χ3v) is 5.28. The number of benzene rings is 1. The summed E-state index contributed by atoms with van der Waals surface area (Å²) in [7, 11) is 0. The van der Waals surface area contributed by atoms with Gasteiger partial charge >= 0.3 is 0 Å². The van der Waals surface area contributed by atoms with Gasteiger partial charge in [0, 0.05) is 18.8 Å². The molecule has 0 bridgehead atoms. The van der Waals surface area contributed by atoms with Gasteiger partial charge in [0.1, 0.15) is 0 Å². The highest BCUT2D eigenvalue weighted by Gasteiger charge is 2.32. The van der Waals surface area contributed by atoms with Crippen LogP contribution in [-0.4, -0.2) is 18.8 Å². The molecule has 1 aliphatic carbocycles. The Morgan fingerprint density at radius 3 is 2.42 bits per heavy atom. The summed E-state index contributed by atoms with van der Waals surface area (Å²) in [6.45, 7) is 6.73. The number of hydrogen-bond donors (Lipinski definition) is 1. The molecular formula is C17H27NS. The first-order valence-electron chi connectivity index (χ1n) is 7.62. The van der Waals surface area contributed by atoms with E-state index in [4.69, 9.17) is 0 Å². The van der Waals surface area contributed by atoms with E-state index in [1.54, 1.807) is 0 Å². The monoisotopic (exact) mass is 277 g/mol. The van der Waals surface area contributed by atoms with E-state index >= 15 is 0 Å². The number of rotatable bonds is 5.